The molecule has 0 aliphatic carbocycles. The largest absolute Gasteiger partial charge is 0.497 e. The van der Waals surface area contributed by atoms with Gasteiger partial charge in [-0.15, -0.1) is 0 Å². The highest BCUT2D eigenvalue weighted by Gasteiger charge is 2.10. The maximum Gasteiger partial charge on any atom is 0.152 e. The van der Waals surface area contributed by atoms with Gasteiger partial charge < -0.3 is 9.30 Å². The molecule has 2 aliphatic rings. The van der Waals surface area contributed by atoms with Crippen LogP contribution in [0.4, 0.5) is 0 Å². The minimum absolute atomic E-state index is 0.717. The quantitative estimate of drug-likeness (QED) is 0.450. The Morgan fingerprint density at radius 1 is 1.11 bits per heavy atom. The third kappa shape index (κ3) is 3.80. The zero-order chi connectivity index (χ0) is 18.8. The SMILES string of the molecule is COc1ccc(CCn2cccc3sn(C)c4cc(Cl)ccc4nc2-3)cc1. The average molecular weight is 398 g/mol. The van der Waals surface area contributed by atoms with Crippen molar-refractivity contribution < 1.29 is 4.74 Å². The van der Waals surface area contributed by atoms with E-state index in [1.165, 1.54) is 5.56 Å². The predicted molar refractivity (Wildman–Crippen MR) is 113 cm³/mol. The standard InChI is InChI=1S/C21H20ClN3OS/c1-24-19-14-16(22)7-10-18(19)23-21-20(27-24)4-3-12-25(21)13-11-15-5-8-17(26-2)9-6-15/h3-10,12,14H,11,13H2,1-2H3. The molecule has 2 aromatic carbocycles. The Morgan fingerprint density at radius 3 is 2.70 bits per heavy atom. The van der Waals surface area contributed by atoms with Crippen molar-refractivity contribution in [3.8, 4) is 16.5 Å². The first-order valence-corrected chi connectivity index (χ1v) is 9.87. The number of benzene rings is 2. The molecular formula is C21H20ClN3OS. The number of pyridine rings is 1. The molecule has 4 rings (SSSR count). The summed E-state index contributed by atoms with van der Waals surface area (Å²) < 4.78 is 9.56. The summed E-state index contributed by atoms with van der Waals surface area (Å²) in [5, 5.41) is 0.717. The van der Waals surface area contributed by atoms with Gasteiger partial charge in [-0.2, -0.15) is 0 Å². The number of nitrogens with zero attached hydrogens (tertiary/aromatic N) is 3. The Morgan fingerprint density at radius 2 is 1.93 bits per heavy atom. The second-order valence-corrected chi connectivity index (χ2v) is 7.93. The number of aryl methyl sites for hydroxylation is 3. The van der Waals surface area contributed by atoms with E-state index < -0.39 is 0 Å². The van der Waals surface area contributed by atoms with Crippen LogP contribution in [0, 0.1) is 0 Å². The van der Waals surface area contributed by atoms with Crippen LogP contribution in [-0.2, 0) is 20.0 Å². The van der Waals surface area contributed by atoms with Crippen LogP contribution in [0.15, 0.2) is 60.8 Å². The van der Waals surface area contributed by atoms with Gasteiger partial charge in [0.15, 0.2) is 5.82 Å². The molecule has 0 fully saturated rings. The normalized spacial score (nSPS) is 11.1. The number of ether oxygens (including phenoxy) is 1. The van der Waals surface area contributed by atoms with Crippen LogP contribution in [0.3, 0.4) is 0 Å². The van der Waals surface area contributed by atoms with E-state index in [0.29, 0.717) is 0 Å². The third-order valence-electron chi connectivity index (χ3n) is 4.54. The highest BCUT2D eigenvalue weighted by Crippen LogP contribution is 2.27. The van der Waals surface area contributed by atoms with Gasteiger partial charge >= 0.3 is 0 Å². The molecule has 0 radical (unpaired) electrons. The minimum Gasteiger partial charge on any atom is -0.497 e. The lowest BCUT2D eigenvalue weighted by atomic mass is 10.1. The number of fused-ring (bicyclic) bond motifs is 2. The van der Waals surface area contributed by atoms with Crippen LogP contribution in [0.1, 0.15) is 5.56 Å². The Labute approximate surface area is 167 Å². The molecule has 0 saturated carbocycles. The summed E-state index contributed by atoms with van der Waals surface area (Å²) in [5.74, 6) is 1.86. The van der Waals surface area contributed by atoms with Crippen LogP contribution in [0.5, 0.6) is 5.75 Å². The van der Waals surface area contributed by atoms with Crippen molar-refractivity contribution in [2.45, 2.75) is 13.0 Å². The topological polar surface area (TPSA) is 32.0 Å². The summed E-state index contributed by atoms with van der Waals surface area (Å²) in [5.41, 5.74) is 3.22. The van der Waals surface area contributed by atoms with Crippen molar-refractivity contribution in [2.24, 2.45) is 7.05 Å². The molecule has 2 aliphatic heterocycles. The van der Waals surface area contributed by atoms with E-state index in [1.807, 2.05) is 37.4 Å². The van der Waals surface area contributed by atoms with Gasteiger partial charge in [0.05, 0.1) is 23.0 Å². The van der Waals surface area contributed by atoms with E-state index in [0.717, 1.165) is 45.5 Å². The Balaban J connectivity index is 1.73. The zero-order valence-electron chi connectivity index (χ0n) is 15.2. The van der Waals surface area contributed by atoms with Crippen LogP contribution in [-0.4, -0.2) is 20.6 Å². The summed E-state index contributed by atoms with van der Waals surface area (Å²) in [4.78, 5) is 6.08. The summed E-state index contributed by atoms with van der Waals surface area (Å²) >= 11 is 7.85. The average Bonchev–Trinajstić information content (AvgIpc) is 2.83. The maximum atomic E-state index is 6.19. The number of aromatic nitrogens is 3. The molecule has 2 aromatic rings. The van der Waals surface area contributed by atoms with Crippen LogP contribution in [0.2, 0.25) is 5.02 Å². The molecule has 6 heteroatoms. The van der Waals surface area contributed by atoms with Gasteiger partial charge in [0.1, 0.15) is 5.75 Å². The molecule has 0 atom stereocenters. The smallest absolute Gasteiger partial charge is 0.152 e. The fourth-order valence-corrected chi connectivity index (χ4v) is 4.18. The van der Waals surface area contributed by atoms with Gasteiger partial charge in [0.25, 0.3) is 0 Å². The maximum absolute atomic E-state index is 6.19. The molecule has 2 heterocycles. The number of methoxy groups -OCH3 is 1. The Hall–Kier alpha value is -2.50. The predicted octanol–water partition coefficient (Wildman–Crippen LogP) is 5.57. The van der Waals surface area contributed by atoms with Crippen molar-refractivity contribution in [2.75, 3.05) is 7.11 Å². The lowest BCUT2D eigenvalue weighted by Crippen LogP contribution is -2.06. The second kappa shape index (κ2) is 7.62. The van der Waals surface area contributed by atoms with Crippen LogP contribution < -0.4 is 4.74 Å². The van der Waals surface area contributed by atoms with Gasteiger partial charge in [-0.3, -0.25) is 3.96 Å². The Bertz CT molecular complexity index is 1090. The fraction of sp³-hybridized carbons (Fsp3) is 0.190. The molecule has 0 unspecified atom stereocenters. The van der Waals surface area contributed by atoms with E-state index >= 15 is 0 Å². The first-order valence-electron chi connectivity index (χ1n) is 8.72. The van der Waals surface area contributed by atoms with Gasteiger partial charge in [-0.05, 0) is 54.4 Å². The van der Waals surface area contributed by atoms with Gasteiger partial charge in [0.2, 0.25) is 0 Å². The molecule has 138 valence electrons. The van der Waals surface area contributed by atoms with E-state index in [-0.39, 0.29) is 0 Å². The van der Waals surface area contributed by atoms with Gasteiger partial charge in [0, 0.05) is 24.8 Å². The van der Waals surface area contributed by atoms with Crippen molar-refractivity contribution in [1.29, 1.82) is 0 Å². The first kappa shape index (κ1) is 17.9. The number of rotatable bonds is 4. The summed E-state index contributed by atoms with van der Waals surface area (Å²) in [6.45, 7) is 0.853. The highest BCUT2D eigenvalue weighted by molar-refractivity contribution is 7.10. The lowest BCUT2D eigenvalue weighted by Gasteiger charge is -2.12. The van der Waals surface area contributed by atoms with E-state index in [9.17, 15) is 0 Å². The summed E-state index contributed by atoms with van der Waals surface area (Å²) in [7, 11) is 3.73. The minimum atomic E-state index is 0.717. The van der Waals surface area contributed by atoms with Gasteiger partial charge in [-0.25, -0.2) is 4.98 Å². The fourth-order valence-electron chi connectivity index (χ4n) is 3.09. The molecule has 0 amide bonds. The molecule has 0 saturated heterocycles. The zero-order valence-corrected chi connectivity index (χ0v) is 16.8. The second-order valence-electron chi connectivity index (χ2n) is 6.32. The molecule has 0 bridgehead atoms. The molecule has 4 nitrogen and oxygen atoms in total. The summed E-state index contributed by atoms with van der Waals surface area (Å²) in [6, 6.07) is 18.2. The number of hydrogen-bond donors (Lipinski definition) is 0. The lowest BCUT2D eigenvalue weighted by molar-refractivity contribution is 0.414. The third-order valence-corrected chi connectivity index (χ3v) is 5.77. The molecular weight excluding hydrogens is 378 g/mol. The summed E-state index contributed by atoms with van der Waals surface area (Å²) in [6.07, 6.45) is 3.02. The molecule has 0 N–H and O–H groups in total. The van der Waals surface area contributed by atoms with E-state index in [1.54, 1.807) is 18.6 Å². The Kier molecular flexibility index (Phi) is 5.05. The first-order chi connectivity index (χ1) is 13.1. The molecule has 0 aromatic heterocycles. The van der Waals surface area contributed by atoms with E-state index in [2.05, 4.69) is 39.0 Å². The van der Waals surface area contributed by atoms with Crippen molar-refractivity contribution in [3.63, 3.8) is 0 Å². The molecule has 0 spiro atoms. The van der Waals surface area contributed by atoms with E-state index in [4.69, 9.17) is 21.3 Å². The molecule has 27 heavy (non-hydrogen) atoms. The van der Waals surface area contributed by atoms with Crippen molar-refractivity contribution in [3.05, 3.63) is 71.4 Å². The monoisotopic (exact) mass is 397 g/mol. The highest BCUT2D eigenvalue weighted by atomic mass is 35.5. The van der Waals surface area contributed by atoms with Gasteiger partial charge in [-0.1, -0.05) is 35.3 Å². The van der Waals surface area contributed by atoms with Crippen LogP contribution in [0.25, 0.3) is 21.7 Å². The van der Waals surface area contributed by atoms with Crippen molar-refractivity contribution >= 4 is 34.2 Å². The van der Waals surface area contributed by atoms with Crippen molar-refractivity contribution in [1.82, 2.24) is 13.5 Å². The number of hydrogen-bond acceptors (Lipinski definition) is 3. The van der Waals surface area contributed by atoms with Crippen LogP contribution >= 0.6 is 23.1 Å². The number of halogens is 1.